The number of nitrogens with one attached hydrogen (secondary N) is 1. The first-order valence-corrected chi connectivity index (χ1v) is 7.99. The molecule has 25 heavy (non-hydrogen) atoms. The lowest BCUT2D eigenvalue weighted by Gasteiger charge is -2.12. The van der Waals surface area contributed by atoms with Crippen LogP contribution in [0.3, 0.4) is 0 Å². The van der Waals surface area contributed by atoms with Crippen LogP contribution >= 0.6 is 11.6 Å². The molecular formula is C19H14ClN3O2. The number of para-hydroxylation sites is 1. The molecule has 0 unspecified atom stereocenters. The highest BCUT2D eigenvalue weighted by Crippen LogP contribution is 2.12. The summed E-state index contributed by atoms with van der Waals surface area (Å²) in [5, 5.41) is 13.0. The predicted molar refractivity (Wildman–Crippen MR) is 96.2 cm³/mol. The van der Waals surface area contributed by atoms with E-state index in [1.54, 1.807) is 41.0 Å². The van der Waals surface area contributed by atoms with Crippen molar-refractivity contribution in [1.29, 1.82) is 5.26 Å². The molecule has 0 radical (unpaired) electrons. The lowest BCUT2D eigenvalue weighted by molar-refractivity contribution is -0.121. The number of nitrogens with zero attached hydrogens (tertiary/aromatic N) is 2. The number of rotatable bonds is 4. The summed E-state index contributed by atoms with van der Waals surface area (Å²) in [6.07, 6.45) is 1.42. The van der Waals surface area contributed by atoms with Crippen LogP contribution in [0.2, 0.25) is 5.02 Å². The molecule has 0 atom stereocenters. The number of fused-ring (bicyclic) bond motifs is 1. The molecule has 5 nitrogen and oxygen atoms in total. The Balaban J connectivity index is 1.83. The van der Waals surface area contributed by atoms with Gasteiger partial charge in [-0.3, -0.25) is 9.59 Å². The van der Waals surface area contributed by atoms with Crippen molar-refractivity contribution in [3.8, 4) is 6.07 Å². The Kier molecular flexibility index (Phi) is 4.82. The molecule has 0 aliphatic rings. The number of carbonyl (C=O) groups excluding carboxylic acids is 1. The summed E-state index contributed by atoms with van der Waals surface area (Å²) in [5.41, 5.74) is 1.20. The molecule has 0 aliphatic carbocycles. The van der Waals surface area contributed by atoms with Gasteiger partial charge in [-0.15, -0.1) is 0 Å². The van der Waals surface area contributed by atoms with E-state index in [0.29, 0.717) is 22.5 Å². The third-order valence-corrected chi connectivity index (χ3v) is 4.04. The molecule has 2 aromatic carbocycles. The van der Waals surface area contributed by atoms with Gasteiger partial charge in [0, 0.05) is 23.2 Å². The van der Waals surface area contributed by atoms with E-state index in [1.165, 1.54) is 6.20 Å². The fourth-order valence-corrected chi connectivity index (χ4v) is 2.83. The Morgan fingerprint density at radius 2 is 2.00 bits per heavy atom. The molecule has 124 valence electrons. The van der Waals surface area contributed by atoms with E-state index in [0.717, 1.165) is 5.56 Å². The van der Waals surface area contributed by atoms with Gasteiger partial charge >= 0.3 is 0 Å². The number of hydrogen-bond acceptors (Lipinski definition) is 3. The number of nitriles is 1. The average molecular weight is 352 g/mol. The van der Waals surface area contributed by atoms with Gasteiger partial charge in [0.05, 0.1) is 5.52 Å². The molecule has 3 aromatic rings. The second-order valence-corrected chi connectivity index (χ2v) is 5.97. The third-order valence-electron chi connectivity index (χ3n) is 3.80. The smallest absolute Gasteiger partial charge is 0.240 e. The van der Waals surface area contributed by atoms with Crippen LogP contribution < -0.4 is 10.7 Å². The van der Waals surface area contributed by atoms with Crippen LogP contribution in [0.15, 0.2) is 59.5 Å². The first-order chi connectivity index (χ1) is 12.1. The Bertz CT molecular complexity index is 1050. The second-order valence-electron chi connectivity index (χ2n) is 5.54. The summed E-state index contributed by atoms with van der Waals surface area (Å²) >= 11 is 5.93. The van der Waals surface area contributed by atoms with Gasteiger partial charge < -0.3 is 9.88 Å². The lowest BCUT2D eigenvalue weighted by Crippen LogP contribution is -2.28. The zero-order chi connectivity index (χ0) is 17.8. The monoisotopic (exact) mass is 351 g/mol. The van der Waals surface area contributed by atoms with Crippen molar-refractivity contribution in [2.75, 3.05) is 0 Å². The molecule has 0 spiro atoms. The molecule has 0 saturated carbocycles. The molecule has 6 heteroatoms. The van der Waals surface area contributed by atoms with Crippen LogP contribution in [0.5, 0.6) is 0 Å². The minimum Gasteiger partial charge on any atom is -0.350 e. The molecule has 1 amide bonds. The normalized spacial score (nSPS) is 10.4. The van der Waals surface area contributed by atoms with Crippen LogP contribution in [0.4, 0.5) is 0 Å². The molecule has 0 bridgehead atoms. The number of halogens is 1. The largest absolute Gasteiger partial charge is 0.350 e. The van der Waals surface area contributed by atoms with E-state index in [-0.39, 0.29) is 23.4 Å². The maximum absolute atomic E-state index is 12.3. The van der Waals surface area contributed by atoms with Gasteiger partial charge in [-0.1, -0.05) is 35.9 Å². The molecule has 1 aromatic heterocycles. The van der Waals surface area contributed by atoms with E-state index in [1.807, 2.05) is 18.2 Å². The SMILES string of the molecule is N#Cc1cn(CC(=O)NCc2cccc(Cl)c2)c2ccccc2c1=O. The van der Waals surface area contributed by atoms with Crippen LogP contribution in [0.25, 0.3) is 10.9 Å². The molecule has 1 N–H and O–H groups in total. The summed E-state index contributed by atoms with van der Waals surface area (Å²) in [6, 6.07) is 16.0. The summed E-state index contributed by atoms with van der Waals surface area (Å²) in [6.45, 7) is 0.360. The number of aromatic nitrogens is 1. The van der Waals surface area contributed by atoms with Crippen molar-refractivity contribution in [2.24, 2.45) is 0 Å². The molecule has 0 fully saturated rings. The molecular weight excluding hydrogens is 338 g/mol. The number of carbonyl (C=O) groups is 1. The Morgan fingerprint density at radius 3 is 2.76 bits per heavy atom. The third kappa shape index (κ3) is 3.70. The lowest BCUT2D eigenvalue weighted by atomic mass is 10.1. The Morgan fingerprint density at radius 1 is 1.20 bits per heavy atom. The summed E-state index contributed by atoms with van der Waals surface area (Å²) in [4.78, 5) is 24.5. The zero-order valence-electron chi connectivity index (χ0n) is 13.2. The summed E-state index contributed by atoms with van der Waals surface area (Å²) in [5.74, 6) is -0.224. The maximum atomic E-state index is 12.3. The highest BCUT2D eigenvalue weighted by Gasteiger charge is 2.11. The van der Waals surface area contributed by atoms with Gasteiger partial charge in [0.15, 0.2) is 0 Å². The van der Waals surface area contributed by atoms with Crippen molar-refractivity contribution in [3.05, 3.63) is 81.1 Å². The van der Waals surface area contributed by atoms with Crippen molar-refractivity contribution >= 4 is 28.4 Å². The molecule has 0 aliphatic heterocycles. The second kappa shape index (κ2) is 7.20. The molecule has 1 heterocycles. The first kappa shape index (κ1) is 16.7. The Labute approximate surface area is 149 Å². The van der Waals surface area contributed by atoms with Gasteiger partial charge in [-0.2, -0.15) is 5.26 Å². The number of benzene rings is 2. The van der Waals surface area contributed by atoms with Crippen molar-refractivity contribution in [2.45, 2.75) is 13.1 Å². The minimum absolute atomic E-state index is 0.00996. The van der Waals surface area contributed by atoms with Crippen molar-refractivity contribution in [3.63, 3.8) is 0 Å². The van der Waals surface area contributed by atoms with E-state index >= 15 is 0 Å². The highest BCUT2D eigenvalue weighted by atomic mass is 35.5. The maximum Gasteiger partial charge on any atom is 0.240 e. The van der Waals surface area contributed by atoms with E-state index < -0.39 is 0 Å². The fraction of sp³-hybridized carbons (Fsp3) is 0.105. The standard InChI is InChI=1S/C19H14ClN3O2/c20-15-5-3-4-13(8-15)10-22-18(24)12-23-11-14(9-21)19(25)16-6-1-2-7-17(16)23/h1-8,11H,10,12H2,(H,22,24). The van der Waals surface area contributed by atoms with E-state index in [2.05, 4.69) is 5.32 Å². The molecule has 0 saturated heterocycles. The van der Waals surface area contributed by atoms with Crippen molar-refractivity contribution < 1.29 is 4.79 Å². The van der Waals surface area contributed by atoms with Crippen LogP contribution in [0, 0.1) is 11.3 Å². The number of pyridine rings is 1. The van der Waals surface area contributed by atoms with Crippen LogP contribution in [-0.2, 0) is 17.9 Å². The minimum atomic E-state index is -0.325. The van der Waals surface area contributed by atoms with Gasteiger partial charge in [-0.25, -0.2) is 0 Å². The predicted octanol–water partition coefficient (Wildman–Crippen LogP) is 2.84. The average Bonchev–Trinajstić information content (AvgIpc) is 2.62. The summed E-state index contributed by atoms with van der Waals surface area (Å²) in [7, 11) is 0. The number of amides is 1. The quantitative estimate of drug-likeness (QED) is 0.785. The van der Waals surface area contributed by atoms with Gasteiger partial charge in [0.1, 0.15) is 18.2 Å². The zero-order valence-corrected chi connectivity index (χ0v) is 14.0. The van der Waals surface area contributed by atoms with Crippen LogP contribution in [-0.4, -0.2) is 10.5 Å². The fourth-order valence-electron chi connectivity index (χ4n) is 2.61. The van der Waals surface area contributed by atoms with Gasteiger partial charge in [0.2, 0.25) is 11.3 Å². The number of hydrogen-bond donors (Lipinski definition) is 1. The van der Waals surface area contributed by atoms with E-state index in [9.17, 15) is 9.59 Å². The van der Waals surface area contributed by atoms with Gasteiger partial charge in [-0.05, 0) is 29.8 Å². The first-order valence-electron chi connectivity index (χ1n) is 7.62. The summed E-state index contributed by atoms with van der Waals surface area (Å²) < 4.78 is 1.61. The Hall–Kier alpha value is -3.10. The molecule has 3 rings (SSSR count). The topological polar surface area (TPSA) is 74.9 Å². The van der Waals surface area contributed by atoms with Crippen molar-refractivity contribution in [1.82, 2.24) is 9.88 Å². The van der Waals surface area contributed by atoms with E-state index in [4.69, 9.17) is 16.9 Å². The highest BCUT2D eigenvalue weighted by molar-refractivity contribution is 6.30. The van der Waals surface area contributed by atoms with Crippen LogP contribution in [0.1, 0.15) is 11.1 Å². The van der Waals surface area contributed by atoms with Gasteiger partial charge in [0.25, 0.3) is 0 Å².